The molecule has 0 atom stereocenters. The van der Waals surface area contributed by atoms with Gasteiger partial charge in [-0.1, -0.05) is 20.8 Å². The molecule has 0 aliphatic heterocycles. The second-order valence-electron chi connectivity index (χ2n) is 6.24. The van der Waals surface area contributed by atoms with Gasteiger partial charge in [-0.3, -0.25) is 4.99 Å². The minimum absolute atomic E-state index is 0. The van der Waals surface area contributed by atoms with Gasteiger partial charge in [0, 0.05) is 31.4 Å². The van der Waals surface area contributed by atoms with Crippen molar-refractivity contribution in [2.24, 2.45) is 10.4 Å². The van der Waals surface area contributed by atoms with Gasteiger partial charge in [0.15, 0.2) is 5.96 Å². The van der Waals surface area contributed by atoms with Gasteiger partial charge < -0.3 is 10.6 Å². The van der Waals surface area contributed by atoms with Crippen molar-refractivity contribution >= 4 is 41.3 Å². The average molecular weight is 424 g/mol. The first-order chi connectivity index (χ1) is 9.31. The molecule has 0 aliphatic rings. The van der Waals surface area contributed by atoms with Crippen molar-refractivity contribution in [2.45, 2.75) is 47.5 Å². The molecule has 0 fully saturated rings. The van der Waals surface area contributed by atoms with E-state index in [9.17, 15) is 0 Å². The Bertz CT molecular complexity index is 430. The number of hydrogen-bond acceptors (Lipinski definition) is 3. The van der Waals surface area contributed by atoms with Crippen LogP contribution in [0.4, 0.5) is 0 Å². The Labute approximate surface area is 150 Å². The molecule has 1 rings (SSSR count). The first-order valence-electron chi connectivity index (χ1n) is 7.19. The third-order valence-electron chi connectivity index (χ3n) is 3.10. The van der Waals surface area contributed by atoms with Crippen LogP contribution in [0, 0.1) is 19.3 Å². The Kier molecular flexibility index (Phi) is 9.44. The van der Waals surface area contributed by atoms with Crippen LogP contribution in [0.25, 0.3) is 0 Å². The minimum atomic E-state index is 0. The van der Waals surface area contributed by atoms with E-state index in [0.29, 0.717) is 5.41 Å². The second kappa shape index (κ2) is 9.61. The monoisotopic (exact) mass is 424 g/mol. The third kappa shape index (κ3) is 8.60. The van der Waals surface area contributed by atoms with Gasteiger partial charge in [-0.15, -0.1) is 35.3 Å². The fourth-order valence-electron chi connectivity index (χ4n) is 1.71. The van der Waals surface area contributed by atoms with Gasteiger partial charge in [-0.05, 0) is 25.7 Å². The Balaban J connectivity index is 0.00000400. The molecule has 122 valence electrons. The van der Waals surface area contributed by atoms with E-state index < -0.39 is 0 Å². The van der Waals surface area contributed by atoms with Gasteiger partial charge in [0.25, 0.3) is 0 Å². The summed E-state index contributed by atoms with van der Waals surface area (Å²) in [4.78, 5) is 10.1. The van der Waals surface area contributed by atoms with E-state index in [1.54, 1.807) is 11.3 Å². The van der Waals surface area contributed by atoms with Gasteiger partial charge in [-0.25, -0.2) is 4.98 Å². The van der Waals surface area contributed by atoms with Crippen LogP contribution in [0.5, 0.6) is 0 Å². The molecule has 0 aliphatic carbocycles. The van der Waals surface area contributed by atoms with Crippen LogP contribution in [0.15, 0.2) is 4.99 Å². The number of thiazole rings is 1. The van der Waals surface area contributed by atoms with Crippen LogP contribution in [-0.4, -0.2) is 31.1 Å². The molecule has 0 aromatic carbocycles. The van der Waals surface area contributed by atoms with Crippen molar-refractivity contribution < 1.29 is 0 Å². The number of guanidine groups is 1. The van der Waals surface area contributed by atoms with E-state index in [1.165, 1.54) is 9.88 Å². The lowest BCUT2D eigenvalue weighted by molar-refractivity contribution is 0.377. The number of halogens is 1. The minimum Gasteiger partial charge on any atom is -0.356 e. The van der Waals surface area contributed by atoms with E-state index in [0.717, 1.165) is 37.6 Å². The van der Waals surface area contributed by atoms with Gasteiger partial charge in [0.1, 0.15) is 0 Å². The fourth-order valence-corrected chi connectivity index (χ4v) is 2.64. The summed E-state index contributed by atoms with van der Waals surface area (Å²) in [6, 6.07) is 0. The zero-order valence-corrected chi connectivity index (χ0v) is 17.2. The Morgan fingerprint density at radius 2 is 1.81 bits per heavy atom. The molecule has 4 nitrogen and oxygen atoms in total. The van der Waals surface area contributed by atoms with Crippen LogP contribution in [0.2, 0.25) is 0 Å². The zero-order chi connectivity index (χ0) is 15.2. The maximum Gasteiger partial charge on any atom is 0.190 e. The predicted octanol–water partition coefficient (Wildman–Crippen LogP) is 3.52. The molecule has 1 aromatic rings. The van der Waals surface area contributed by atoms with Crippen LogP contribution in [-0.2, 0) is 6.42 Å². The number of rotatable bonds is 5. The first kappa shape index (κ1) is 20.6. The molecule has 1 heterocycles. The van der Waals surface area contributed by atoms with Crippen LogP contribution in [0.3, 0.4) is 0 Å². The molecule has 0 unspecified atom stereocenters. The molecule has 0 radical (unpaired) electrons. The van der Waals surface area contributed by atoms with E-state index in [4.69, 9.17) is 0 Å². The highest BCUT2D eigenvalue weighted by Gasteiger charge is 2.09. The summed E-state index contributed by atoms with van der Waals surface area (Å²) < 4.78 is 0. The topological polar surface area (TPSA) is 49.3 Å². The number of nitrogens with zero attached hydrogens (tertiary/aromatic N) is 2. The normalized spacial score (nSPS) is 12.0. The standard InChI is InChI=1S/C15H28N4S.HI/c1-11-12(2)20-13(19-11)7-9-17-14(16-6)18-10-8-15(3,4)5;/h7-10H2,1-6H3,(H2,16,17,18);1H. The summed E-state index contributed by atoms with van der Waals surface area (Å²) in [5.74, 6) is 0.874. The SMILES string of the molecule is CN=C(NCCc1nc(C)c(C)s1)NCCC(C)(C)C.I. The summed E-state index contributed by atoms with van der Waals surface area (Å²) in [7, 11) is 1.81. The van der Waals surface area contributed by atoms with Crippen molar-refractivity contribution in [1.29, 1.82) is 0 Å². The van der Waals surface area contributed by atoms with Gasteiger partial charge in [0.05, 0.1) is 10.7 Å². The highest BCUT2D eigenvalue weighted by atomic mass is 127. The lowest BCUT2D eigenvalue weighted by Crippen LogP contribution is -2.39. The second-order valence-corrected chi connectivity index (χ2v) is 7.52. The molecule has 0 spiro atoms. The highest BCUT2D eigenvalue weighted by Crippen LogP contribution is 2.17. The van der Waals surface area contributed by atoms with E-state index in [-0.39, 0.29) is 24.0 Å². The Morgan fingerprint density at radius 1 is 1.19 bits per heavy atom. The molecular formula is C15H29IN4S. The van der Waals surface area contributed by atoms with Crippen molar-refractivity contribution in [3.05, 3.63) is 15.6 Å². The number of aromatic nitrogens is 1. The van der Waals surface area contributed by atoms with Crippen LogP contribution in [0.1, 0.15) is 42.8 Å². The van der Waals surface area contributed by atoms with Gasteiger partial charge in [0.2, 0.25) is 0 Å². The van der Waals surface area contributed by atoms with Gasteiger partial charge in [-0.2, -0.15) is 0 Å². The van der Waals surface area contributed by atoms with Gasteiger partial charge >= 0.3 is 0 Å². The van der Waals surface area contributed by atoms with Crippen molar-refractivity contribution in [3.63, 3.8) is 0 Å². The molecule has 1 aromatic heterocycles. The maximum absolute atomic E-state index is 4.55. The smallest absolute Gasteiger partial charge is 0.190 e. The molecule has 6 heteroatoms. The summed E-state index contributed by atoms with van der Waals surface area (Å²) >= 11 is 1.78. The predicted molar refractivity (Wildman–Crippen MR) is 104 cm³/mol. The molecule has 0 saturated carbocycles. The molecular weight excluding hydrogens is 395 g/mol. The van der Waals surface area contributed by atoms with E-state index in [1.807, 2.05) is 7.05 Å². The number of aryl methyl sites for hydroxylation is 2. The molecule has 2 N–H and O–H groups in total. The van der Waals surface area contributed by atoms with Crippen molar-refractivity contribution in [2.75, 3.05) is 20.1 Å². The summed E-state index contributed by atoms with van der Waals surface area (Å²) in [6.07, 6.45) is 2.07. The van der Waals surface area contributed by atoms with Crippen molar-refractivity contribution in [3.8, 4) is 0 Å². The van der Waals surface area contributed by atoms with Crippen LogP contribution >= 0.6 is 35.3 Å². The van der Waals surface area contributed by atoms with E-state index in [2.05, 4.69) is 55.2 Å². The van der Waals surface area contributed by atoms with Crippen LogP contribution < -0.4 is 10.6 Å². The van der Waals surface area contributed by atoms with E-state index >= 15 is 0 Å². The quantitative estimate of drug-likeness (QED) is 0.432. The maximum atomic E-state index is 4.55. The summed E-state index contributed by atoms with van der Waals surface area (Å²) in [6.45, 7) is 12.7. The number of aliphatic imine (C=N–C) groups is 1. The fraction of sp³-hybridized carbons (Fsp3) is 0.733. The zero-order valence-electron chi connectivity index (χ0n) is 14.0. The number of nitrogens with one attached hydrogen (secondary N) is 2. The highest BCUT2D eigenvalue weighted by molar-refractivity contribution is 14.0. The molecule has 21 heavy (non-hydrogen) atoms. The molecule has 0 bridgehead atoms. The lowest BCUT2D eigenvalue weighted by Gasteiger charge is -2.19. The molecule has 0 saturated heterocycles. The number of hydrogen-bond donors (Lipinski definition) is 2. The third-order valence-corrected chi connectivity index (χ3v) is 4.23. The summed E-state index contributed by atoms with van der Waals surface area (Å²) in [5, 5.41) is 7.88. The Hall–Kier alpha value is -0.370. The summed E-state index contributed by atoms with van der Waals surface area (Å²) in [5.41, 5.74) is 1.50. The average Bonchev–Trinajstić information content (AvgIpc) is 2.65. The Morgan fingerprint density at radius 3 is 2.29 bits per heavy atom. The first-order valence-corrected chi connectivity index (χ1v) is 8.01. The molecule has 0 amide bonds. The van der Waals surface area contributed by atoms with Crippen molar-refractivity contribution in [1.82, 2.24) is 15.6 Å². The lowest BCUT2D eigenvalue weighted by atomic mass is 9.92. The largest absolute Gasteiger partial charge is 0.356 e.